The van der Waals surface area contributed by atoms with E-state index in [-0.39, 0.29) is 22.6 Å². The van der Waals surface area contributed by atoms with E-state index in [1.807, 2.05) is 0 Å². The molecule has 0 aliphatic carbocycles. The molecule has 0 atom stereocenters. The maximum Gasteiger partial charge on any atom is 0.255 e. The second-order valence-corrected chi connectivity index (χ2v) is 4.11. The number of carbonyl (C=O) groups excluding carboxylic acids is 1. The van der Waals surface area contributed by atoms with Gasteiger partial charge in [0.2, 0.25) is 0 Å². The number of methoxy groups -OCH3 is 1. The second kappa shape index (κ2) is 6.01. The van der Waals surface area contributed by atoms with Gasteiger partial charge in [0.1, 0.15) is 5.82 Å². The van der Waals surface area contributed by atoms with Crippen molar-refractivity contribution < 1.29 is 18.3 Å². The summed E-state index contributed by atoms with van der Waals surface area (Å²) in [7, 11) is 1.28. The fourth-order valence-corrected chi connectivity index (χ4v) is 1.68. The Morgan fingerprint density at radius 2 is 1.95 bits per heavy atom. The summed E-state index contributed by atoms with van der Waals surface area (Å²) in [4.78, 5) is 12.0. The predicted molar refractivity (Wildman–Crippen MR) is 72.0 cm³/mol. The molecule has 106 valence electrons. The lowest BCUT2D eigenvalue weighted by atomic mass is 10.1. The van der Waals surface area contributed by atoms with Crippen molar-refractivity contribution in [1.82, 2.24) is 0 Å². The van der Waals surface area contributed by atoms with Crippen molar-refractivity contribution in [2.45, 2.75) is 0 Å². The average Bonchev–Trinajstić information content (AvgIpc) is 2.49. The maximum absolute atomic E-state index is 13.7. The van der Waals surface area contributed by atoms with E-state index in [0.717, 1.165) is 12.1 Å². The Labute approximate surface area is 119 Å². The summed E-state index contributed by atoms with van der Waals surface area (Å²) in [5.41, 5.74) is 0.202. The lowest BCUT2D eigenvalue weighted by Gasteiger charge is -2.08. The first-order valence-electron chi connectivity index (χ1n) is 5.89. The van der Waals surface area contributed by atoms with E-state index in [0.29, 0.717) is 0 Å². The van der Waals surface area contributed by atoms with Gasteiger partial charge >= 0.3 is 0 Å². The van der Waals surface area contributed by atoms with E-state index in [2.05, 4.69) is 5.32 Å². The molecule has 6 heteroatoms. The van der Waals surface area contributed by atoms with Crippen LogP contribution in [0.2, 0.25) is 0 Å². The highest BCUT2D eigenvalue weighted by Gasteiger charge is 2.12. The summed E-state index contributed by atoms with van der Waals surface area (Å²) in [6.45, 7) is 0. The van der Waals surface area contributed by atoms with E-state index >= 15 is 0 Å². The highest BCUT2D eigenvalue weighted by atomic mass is 19.1. The van der Waals surface area contributed by atoms with E-state index in [1.165, 1.54) is 31.4 Å². The maximum atomic E-state index is 13.7. The lowest BCUT2D eigenvalue weighted by molar-refractivity contribution is 0.102. The largest absolute Gasteiger partial charge is 0.494 e. The highest BCUT2D eigenvalue weighted by Crippen LogP contribution is 2.20. The zero-order valence-electron chi connectivity index (χ0n) is 11.0. The smallest absolute Gasteiger partial charge is 0.255 e. The molecule has 0 spiro atoms. The molecule has 0 fully saturated rings. The van der Waals surface area contributed by atoms with Gasteiger partial charge in [-0.1, -0.05) is 0 Å². The third kappa shape index (κ3) is 3.15. The zero-order chi connectivity index (χ0) is 15.4. The van der Waals surface area contributed by atoms with Crippen molar-refractivity contribution in [2.75, 3.05) is 12.4 Å². The van der Waals surface area contributed by atoms with Crippen molar-refractivity contribution in [2.24, 2.45) is 0 Å². The van der Waals surface area contributed by atoms with E-state index < -0.39 is 17.5 Å². The fraction of sp³-hybridized carbons (Fsp3) is 0.0667. The van der Waals surface area contributed by atoms with Gasteiger partial charge in [-0.3, -0.25) is 4.79 Å². The molecule has 1 amide bonds. The topological polar surface area (TPSA) is 62.1 Å². The average molecular weight is 288 g/mol. The van der Waals surface area contributed by atoms with Gasteiger partial charge in [0, 0.05) is 5.56 Å². The van der Waals surface area contributed by atoms with Crippen molar-refractivity contribution in [3.05, 3.63) is 59.2 Å². The minimum absolute atomic E-state index is 0.0673. The Kier molecular flexibility index (Phi) is 4.14. The zero-order valence-corrected chi connectivity index (χ0v) is 11.0. The van der Waals surface area contributed by atoms with Gasteiger partial charge in [0.05, 0.1) is 24.4 Å². The van der Waals surface area contributed by atoms with Crippen molar-refractivity contribution in [1.29, 1.82) is 5.26 Å². The van der Waals surface area contributed by atoms with Crippen LogP contribution in [0.15, 0.2) is 36.4 Å². The Balaban J connectivity index is 2.24. The van der Waals surface area contributed by atoms with Crippen LogP contribution < -0.4 is 10.1 Å². The Morgan fingerprint density at radius 1 is 1.19 bits per heavy atom. The normalized spacial score (nSPS) is 9.81. The lowest BCUT2D eigenvalue weighted by Crippen LogP contribution is -2.13. The van der Waals surface area contributed by atoms with Crippen molar-refractivity contribution in [3.63, 3.8) is 0 Å². The summed E-state index contributed by atoms with van der Waals surface area (Å²) < 4.78 is 31.7. The molecular weight excluding hydrogens is 278 g/mol. The number of nitriles is 1. The molecule has 1 N–H and O–H groups in total. The number of rotatable bonds is 3. The van der Waals surface area contributed by atoms with Gasteiger partial charge in [-0.25, -0.2) is 8.78 Å². The molecule has 0 radical (unpaired) electrons. The molecule has 0 bridgehead atoms. The van der Waals surface area contributed by atoms with Gasteiger partial charge in [0.25, 0.3) is 5.91 Å². The molecule has 0 saturated carbocycles. The summed E-state index contributed by atoms with van der Waals surface area (Å²) in [5, 5.41) is 11.0. The monoisotopic (exact) mass is 288 g/mol. The number of amides is 1. The number of hydrogen-bond acceptors (Lipinski definition) is 3. The van der Waals surface area contributed by atoms with E-state index in [9.17, 15) is 13.6 Å². The minimum atomic E-state index is -0.725. The number of carbonyl (C=O) groups is 1. The predicted octanol–water partition coefficient (Wildman–Crippen LogP) is 3.10. The van der Waals surface area contributed by atoms with Crippen LogP contribution >= 0.6 is 0 Å². The Hall–Kier alpha value is -2.94. The van der Waals surface area contributed by atoms with Gasteiger partial charge in [-0.15, -0.1) is 0 Å². The molecule has 0 aliphatic rings. The van der Waals surface area contributed by atoms with Gasteiger partial charge in [0.15, 0.2) is 11.6 Å². The number of ether oxygens (including phenoxy) is 1. The number of benzene rings is 2. The standard InChI is InChI=1S/C15H10F2N2O2/c1-21-14-7-10(3-4-11(14)16)15(20)19-13-5-2-9(8-18)6-12(13)17/h2-7H,1H3,(H,19,20). The van der Waals surface area contributed by atoms with Crippen LogP contribution in [-0.2, 0) is 0 Å². The molecule has 2 aromatic carbocycles. The van der Waals surface area contributed by atoms with E-state index in [1.54, 1.807) is 6.07 Å². The molecular formula is C15H10F2N2O2. The molecule has 2 aromatic rings. The number of nitrogens with one attached hydrogen (secondary N) is 1. The van der Waals surface area contributed by atoms with Crippen LogP contribution in [0.25, 0.3) is 0 Å². The Bertz CT molecular complexity index is 739. The molecule has 0 aromatic heterocycles. The van der Waals surface area contributed by atoms with Crippen LogP contribution in [0.4, 0.5) is 14.5 Å². The molecule has 0 saturated heterocycles. The fourth-order valence-electron chi connectivity index (χ4n) is 1.68. The summed E-state index contributed by atoms with van der Waals surface area (Å²) in [6, 6.07) is 9.03. The van der Waals surface area contributed by atoms with Crippen molar-refractivity contribution >= 4 is 11.6 Å². The summed E-state index contributed by atoms with van der Waals surface area (Å²) in [5.74, 6) is -2.02. The van der Waals surface area contributed by atoms with Crippen LogP contribution in [0, 0.1) is 23.0 Å². The highest BCUT2D eigenvalue weighted by molar-refractivity contribution is 6.04. The number of anilines is 1. The number of nitrogens with zero attached hydrogens (tertiary/aromatic N) is 1. The van der Waals surface area contributed by atoms with Gasteiger partial charge in [-0.05, 0) is 36.4 Å². The molecule has 0 aliphatic heterocycles. The first-order chi connectivity index (χ1) is 10.0. The molecule has 0 heterocycles. The second-order valence-electron chi connectivity index (χ2n) is 4.11. The first kappa shape index (κ1) is 14.5. The van der Waals surface area contributed by atoms with Crippen LogP contribution in [-0.4, -0.2) is 13.0 Å². The van der Waals surface area contributed by atoms with E-state index in [4.69, 9.17) is 10.00 Å². The third-order valence-corrected chi connectivity index (χ3v) is 2.76. The number of hydrogen-bond donors (Lipinski definition) is 1. The molecule has 2 rings (SSSR count). The van der Waals surface area contributed by atoms with Crippen LogP contribution in [0.5, 0.6) is 5.75 Å². The van der Waals surface area contributed by atoms with Gasteiger partial charge < -0.3 is 10.1 Å². The first-order valence-corrected chi connectivity index (χ1v) is 5.89. The van der Waals surface area contributed by atoms with Crippen LogP contribution in [0.3, 0.4) is 0 Å². The number of halogens is 2. The summed E-state index contributed by atoms with van der Waals surface area (Å²) >= 11 is 0. The quantitative estimate of drug-likeness (QED) is 0.944. The van der Waals surface area contributed by atoms with Crippen LogP contribution in [0.1, 0.15) is 15.9 Å². The molecule has 0 unspecified atom stereocenters. The van der Waals surface area contributed by atoms with Gasteiger partial charge in [-0.2, -0.15) is 5.26 Å². The molecule has 4 nitrogen and oxygen atoms in total. The summed E-state index contributed by atoms with van der Waals surface area (Å²) in [6.07, 6.45) is 0. The minimum Gasteiger partial charge on any atom is -0.494 e. The molecule has 21 heavy (non-hydrogen) atoms. The Morgan fingerprint density at radius 3 is 2.57 bits per heavy atom. The third-order valence-electron chi connectivity index (χ3n) is 2.76. The van der Waals surface area contributed by atoms with Crippen molar-refractivity contribution in [3.8, 4) is 11.8 Å². The SMILES string of the molecule is COc1cc(C(=O)Nc2ccc(C#N)cc2F)ccc1F.